The number of halogens is 1. The highest BCUT2D eigenvalue weighted by Gasteiger charge is 2.19. The molecule has 0 amide bonds. The van der Waals surface area contributed by atoms with Crippen LogP contribution >= 0.6 is 11.8 Å². The third kappa shape index (κ3) is 2.58. The molecule has 1 aliphatic rings. The van der Waals surface area contributed by atoms with Crippen molar-refractivity contribution in [2.75, 3.05) is 36.6 Å². The normalized spacial score (nSPS) is 15.6. The first-order valence-electron chi connectivity index (χ1n) is 5.71. The van der Waals surface area contributed by atoms with Crippen molar-refractivity contribution >= 4 is 23.5 Å². The Morgan fingerprint density at radius 1 is 1.50 bits per heavy atom. The summed E-state index contributed by atoms with van der Waals surface area (Å²) in [5.41, 5.74) is 0.482. The monoisotopic (exact) mass is 270 g/mol. The molecular weight excluding hydrogens is 255 g/mol. The molecule has 0 aliphatic carbocycles. The Labute approximate surface area is 110 Å². The van der Waals surface area contributed by atoms with E-state index in [1.807, 2.05) is 16.7 Å². The highest BCUT2D eigenvalue weighted by molar-refractivity contribution is 7.99. The number of ether oxygens (including phenoxy) is 1. The van der Waals surface area contributed by atoms with Gasteiger partial charge >= 0.3 is 5.97 Å². The Morgan fingerprint density at radius 2 is 2.17 bits per heavy atom. The Morgan fingerprint density at radius 3 is 2.78 bits per heavy atom. The van der Waals surface area contributed by atoms with Crippen LogP contribution < -0.4 is 4.90 Å². The van der Waals surface area contributed by atoms with Crippen molar-refractivity contribution in [1.82, 2.24) is 4.98 Å². The number of hydrogen-bond donors (Lipinski definition) is 0. The molecule has 18 heavy (non-hydrogen) atoms. The van der Waals surface area contributed by atoms with Gasteiger partial charge < -0.3 is 9.64 Å². The minimum absolute atomic E-state index is 0.233. The average Bonchev–Trinajstić information content (AvgIpc) is 2.41. The molecule has 1 saturated heterocycles. The molecule has 1 fully saturated rings. The summed E-state index contributed by atoms with van der Waals surface area (Å²) < 4.78 is 18.4. The summed E-state index contributed by atoms with van der Waals surface area (Å²) in [4.78, 5) is 17.5. The van der Waals surface area contributed by atoms with Gasteiger partial charge in [0.25, 0.3) is 0 Å². The molecule has 0 atom stereocenters. The lowest BCUT2D eigenvalue weighted by Crippen LogP contribution is -2.33. The molecule has 98 valence electrons. The van der Waals surface area contributed by atoms with Crippen LogP contribution in [-0.2, 0) is 4.74 Å². The number of carbonyl (C=O) groups is 1. The molecule has 0 aromatic carbocycles. The number of thioether (sulfide) groups is 1. The Hall–Kier alpha value is -1.30. The number of pyridine rings is 1. The topological polar surface area (TPSA) is 42.4 Å². The molecule has 2 heterocycles. The van der Waals surface area contributed by atoms with Gasteiger partial charge in [-0.15, -0.1) is 0 Å². The van der Waals surface area contributed by atoms with E-state index in [4.69, 9.17) is 0 Å². The molecule has 0 radical (unpaired) electrons. The van der Waals surface area contributed by atoms with Crippen LogP contribution in [-0.4, -0.2) is 42.7 Å². The minimum atomic E-state index is -0.605. The predicted octanol–water partition coefficient (Wildman–Crippen LogP) is 1.87. The molecule has 0 N–H and O–H groups in total. The van der Waals surface area contributed by atoms with E-state index in [-0.39, 0.29) is 11.1 Å². The van der Waals surface area contributed by atoms with Crippen LogP contribution in [0.3, 0.4) is 0 Å². The maximum atomic E-state index is 13.7. The SMILES string of the molecule is COC(=O)c1cc(N2CCSCC2)nc(F)c1C. The summed E-state index contributed by atoms with van der Waals surface area (Å²) in [5.74, 6) is 1.36. The maximum Gasteiger partial charge on any atom is 0.338 e. The van der Waals surface area contributed by atoms with Crippen LogP contribution in [0, 0.1) is 12.9 Å². The number of carbonyl (C=O) groups excluding carboxylic acids is 1. The maximum absolute atomic E-state index is 13.7. The third-order valence-corrected chi connectivity index (χ3v) is 3.88. The predicted molar refractivity (Wildman–Crippen MR) is 69.8 cm³/mol. The Bertz CT molecular complexity index is 462. The van der Waals surface area contributed by atoms with Crippen molar-refractivity contribution in [3.63, 3.8) is 0 Å². The van der Waals surface area contributed by atoms with E-state index in [9.17, 15) is 9.18 Å². The van der Waals surface area contributed by atoms with E-state index in [1.165, 1.54) is 14.0 Å². The summed E-state index contributed by atoms with van der Waals surface area (Å²) >= 11 is 1.86. The minimum Gasteiger partial charge on any atom is -0.465 e. The number of rotatable bonds is 2. The molecule has 1 aliphatic heterocycles. The zero-order chi connectivity index (χ0) is 13.1. The Balaban J connectivity index is 2.36. The van der Waals surface area contributed by atoms with Crippen LogP contribution in [0.1, 0.15) is 15.9 Å². The lowest BCUT2D eigenvalue weighted by atomic mass is 10.1. The lowest BCUT2D eigenvalue weighted by Gasteiger charge is -2.27. The number of nitrogens with zero attached hydrogens (tertiary/aromatic N) is 2. The smallest absolute Gasteiger partial charge is 0.338 e. The summed E-state index contributed by atoms with van der Waals surface area (Å²) in [5, 5.41) is 0. The van der Waals surface area contributed by atoms with Gasteiger partial charge in [0.15, 0.2) is 0 Å². The van der Waals surface area contributed by atoms with E-state index in [2.05, 4.69) is 9.72 Å². The zero-order valence-electron chi connectivity index (χ0n) is 10.4. The molecule has 0 bridgehead atoms. The molecule has 0 spiro atoms. The van der Waals surface area contributed by atoms with E-state index < -0.39 is 11.9 Å². The number of methoxy groups -OCH3 is 1. The molecule has 1 aromatic rings. The van der Waals surface area contributed by atoms with E-state index in [0.717, 1.165) is 24.6 Å². The van der Waals surface area contributed by atoms with Gasteiger partial charge in [-0.3, -0.25) is 0 Å². The first-order chi connectivity index (χ1) is 8.63. The second-order valence-electron chi connectivity index (χ2n) is 4.03. The van der Waals surface area contributed by atoms with Crippen LogP contribution in [0.4, 0.5) is 10.2 Å². The van der Waals surface area contributed by atoms with Crippen molar-refractivity contribution < 1.29 is 13.9 Å². The summed E-state index contributed by atoms with van der Waals surface area (Å²) in [7, 11) is 1.29. The van der Waals surface area contributed by atoms with Gasteiger partial charge in [-0.25, -0.2) is 9.78 Å². The van der Waals surface area contributed by atoms with Crippen LogP contribution in [0.5, 0.6) is 0 Å². The largest absolute Gasteiger partial charge is 0.465 e. The summed E-state index contributed by atoms with van der Waals surface area (Å²) in [6, 6.07) is 1.61. The number of hydrogen-bond acceptors (Lipinski definition) is 5. The first kappa shape index (κ1) is 13.1. The van der Waals surface area contributed by atoms with E-state index in [1.54, 1.807) is 6.07 Å². The van der Waals surface area contributed by atoms with Crippen LogP contribution in [0.15, 0.2) is 6.07 Å². The van der Waals surface area contributed by atoms with Crippen molar-refractivity contribution in [2.45, 2.75) is 6.92 Å². The highest BCUT2D eigenvalue weighted by atomic mass is 32.2. The van der Waals surface area contributed by atoms with Crippen molar-refractivity contribution in [1.29, 1.82) is 0 Å². The third-order valence-electron chi connectivity index (χ3n) is 2.94. The number of aromatic nitrogens is 1. The fourth-order valence-electron chi connectivity index (χ4n) is 1.84. The van der Waals surface area contributed by atoms with Gasteiger partial charge in [0.2, 0.25) is 5.95 Å². The molecule has 0 unspecified atom stereocenters. The first-order valence-corrected chi connectivity index (χ1v) is 6.87. The van der Waals surface area contributed by atoms with Gasteiger partial charge in [-0.1, -0.05) is 0 Å². The molecular formula is C12H15FN2O2S. The van der Waals surface area contributed by atoms with Crippen molar-refractivity contribution in [3.8, 4) is 0 Å². The highest BCUT2D eigenvalue weighted by Crippen LogP contribution is 2.22. The number of anilines is 1. The molecule has 0 saturated carbocycles. The van der Waals surface area contributed by atoms with Gasteiger partial charge in [-0.2, -0.15) is 16.2 Å². The summed E-state index contributed by atoms with van der Waals surface area (Å²) in [6.07, 6.45) is 0. The van der Waals surface area contributed by atoms with Crippen molar-refractivity contribution in [3.05, 3.63) is 23.1 Å². The van der Waals surface area contributed by atoms with Gasteiger partial charge in [-0.05, 0) is 13.0 Å². The lowest BCUT2D eigenvalue weighted by molar-refractivity contribution is 0.0599. The standard InChI is InChI=1S/C12H15FN2O2S/c1-8-9(12(16)17-2)7-10(14-11(8)13)15-3-5-18-6-4-15/h7H,3-6H2,1-2H3. The summed E-state index contributed by atoms with van der Waals surface area (Å²) in [6.45, 7) is 3.17. The van der Waals surface area contributed by atoms with Crippen molar-refractivity contribution in [2.24, 2.45) is 0 Å². The number of esters is 1. The molecule has 1 aromatic heterocycles. The molecule has 6 heteroatoms. The quantitative estimate of drug-likeness (QED) is 0.606. The van der Waals surface area contributed by atoms with Gasteiger partial charge in [0.05, 0.1) is 12.7 Å². The van der Waals surface area contributed by atoms with Gasteiger partial charge in [0.1, 0.15) is 5.82 Å². The molecule has 2 rings (SSSR count). The Kier molecular flexibility index (Phi) is 4.06. The zero-order valence-corrected chi connectivity index (χ0v) is 11.2. The van der Waals surface area contributed by atoms with Crippen LogP contribution in [0.25, 0.3) is 0 Å². The van der Waals surface area contributed by atoms with E-state index in [0.29, 0.717) is 5.82 Å². The van der Waals surface area contributed by atoms with Gasteiger partial charge in [0, 0.05) is 30.2 Å². The molecule has 4 nitrogen and oxygen atoms in total. The van der Waals surface area contributed by atoms with Crippen LogP contribution in [0.2, 0.25) is 0 Å². The second-order valence-corrected chi connectivity index (χ2v) is 5.26. The second kappa shape index (κ2) is 5.56. The fraction of sp³-hybridized carbons (Fsp3) is 0.500. The average molecular weight is 270 g/mol. The van der Waals surface area contributed by atoms with E-state index >= 15 is 0 Å². The fourth-order valence-corrected chi connectivity index (χ4v) is 2.74.